The number of hydrogen-bond acceptors (Lipinski definition) is 8. The summed E-state index contributed by atoms with van der Waals surface area (Å²) >= 11 is 0. The summed E-state index contributed by atoms with van der Waals surface area (Å²) in [5, 5.41) is 19.3. The van der Waals surface area contributed by atoms with E-state index in [4.69, 9.17) is 20.1 Å². The molecule has 0 saturated heterocycles. The molecule has 0 saturated carbocycles. The summed E-state index contributed by atoms with van der Waals surface area (Å²) in [5.74, 6) is 0.179. The van der Waals surface area contributed by atoms with Crippen molar-refractivity contribution in [2.45, 2.75) is 32.5 Å². The second-order valence-electron chi connectivity index (χ2n) is 6.22. The molecule has 1 aromatic rings. The van der Waals surface area contributed by atoms with E-state index in [9.17, 15) is 4.79 Å². The van der Waals surface area contributed by atoms with Crippen molar-refractivity contribution < 1.29 is 14.4 Å². The lowest BCUT2D eigenvalue weighted by Crippen LogP contribution is -2.55. The number of carbonyl (C=O) groups is 1. The van der Waals surface area contributed by atoms with Gasteiger partial charge >= 0.3 is 6.09 Å². The largest absolute Gasteiger partial charge is 0.446 e. The van der Waals surface area contributed by atoms with E-state index in [1.54, 1.807) is 56.2 Å². The standard InChI is InChI=1S/C16H14N6O3/c1-16(2,3)24-15(23)22-12-6-4-5-7-21(12)13-14(25-22)20-11(9-18)10(8-17)19-13/h4-7,12H,1-3H3/t12-/m1/s1. The second kappa shape index (κ2) is 5.80. The average molecular weight is 338 g/mol. The Kier molecular flexibility index (Phi) is 3.78. The van der Waals surface area contributed by atoms with Crippen LogP contribution in [0.25, 0.3) is 0 Å². The maximum Gasteiger partial charge on any atom is 0.446 e. The molecule has 0 N–H and O–H groups in total. The molecule has 1 aromatic heterocycles. The van der Waals surface area contributed by atoms with Crippen molar-refractivity contribution in [2.75, 3.05) is 4.90 Å². The van der Waals surface area contributed by atoms with Crippen LogP contribution >= 0.6 is 0 Å². The van der Waals surface area contributed by atoms with Gasteiger partial charge in [0.1, 0.15) is 17.7 Å². The van der Waals surface area contributed by atoms with Gasteiger partial charge in [-0.3, -0.25) is 0 Å². The number of hydrogen-bond donors (Lipinski definition) is 0. The number of carbonyl (C=O) groups excluding carboxylic acids is 1. The second-order valence-corrected chi connectivity index (χ2v) is 6.22. The third-order valence-corrected chi connectivity index (χ3v) is 3.23. The predicted octanol–water partition coefficient (Wildman–Crippen LogP) is 1.98. The molecular formula is C16H14N6O3. The summed E-state index contributed by atoms with van der Waals surface area (Å²) in [7, 11) is 0. The van der Waals surface area contributed by atoms with Gasteiger partial charge in [0.05, 0.1) is 0 Å². The van der Waals surface area contributed by atoms with E-state index in [0.717, 1.165) is 5.06 Å². The molecule has 2 aliphatic rings. The molecule has 1 atom stereocenters. The molecule has 0 bridgehead atoms. The first-order valence-electron chi connectivity index (χ1n) is 7.40. The fourth-order valence-electron chi connectivity index (χ4n) is 2.27. The van der Waals surface area contributed by atoms with Crippen molar-refractivity contribution in [1.82, 2.24) is 15.0 Å². The Hall–Kier alpha value is -3.59. The Balaban J connectivity index is 2.06. The van der Waals surface area contributed by atoms with Crippen molar-refractivity contribution in [3.05, 3.63) is 35.8 Å². The van der Waals surface area contributed by atoms with Crippen molar-refractivity contribution in [2.24, 2.45) is 0 Å². The lowest BCUT2D eigenvalue weighted by Gasteiger charge is -2.40. The SMILES string of the molecule is CC(C)(C)OC(=O)N1Oc2nc(C#N)c(C#N)nc2N2C=CC=C[C@@H]12. The van der Waals surface area contributed by atoms with Gasteiger partial charge in [-0.15, -0.1) is 5.06 Å². The highest BCUT2D eigenvalue weighted by Crippen LogP contribution is 2.35. The Morgan fingerprint density at radius 3 is 2.56 bits per heavy atom. The number of nitrogens with zero attached hydrogens (tertiary/aromatic N) is 6. The minimum Gasteiger partial charge on any atom is -0.442 e. The fraction of sp³-hybridized carbons (Fsp3) is 0.312. The lowest BCUT2D eigenvalue weighted by molar-refractivity contribution is -0.0956. The zero-order valence-corrected chi connectivity index (χ0v) is 13.8. The smallest absolute Gasteiger partial charge is 0.442 e. The van der Waals surface area contributed by atoms with Gasteiger partial charge in [-0.05, 0) is 32.9 Å². The number of aromatic nitrogens is 2. The number of rotatable bonds is 0. The monoisotopic (exact) mass is 338 g/mol. The van der Waals surface area contributed by atoms with Crippen LogP contribution in [-0.4, -0.2) is 32.9 Å². The van der Waals surface area contributed by atoms with Gasteiger partial charge in [0.25, 0.3) is 5.88 Å². The molecule has 3 rings (SSSR count). The van der Waals surface area contributed by atoms with Crippen LogP contribution in [0.5, 0.6) is 5.88 Å². The van der Waals surface area contributed by atoms with Crippen molar-refractivity contribution in [1.29, 1.82) is 10.5 Å². The highest BCUT2D eigenvalue weighted by atomic mass is 16.7. The summed E-state index contributed by atoms with van der Waals surface area (Å²) < 4.78 is 5.35. The summed E-state index contributed by atoms with van der Waals surface area (Å²) in [6.07, 6.45) is 5.50. The molecule has 0 unspecified atom stereocenters. The van der Waals surface area contributed by atoms with E-state index < -0.39 is 17.9 Å². The van der Waals surface area contributed by atoms with Gasteiger partial charge in [0, 0.05) is 6.20 Å². The maximum atomic E-state index is 12.5. The molecule has 0 aliphatic carbocycles. The van der Waals surface area contributed by atoms with E-state index in [1.807, 2.05) is 6.07 Å². The maximum absolute atomic E-state index is 12.5. The van der Waals surface area contributed by atoms with E-state index in [2.05, 4.69) is 9.97 Å². The van der Waals surface area contributed by atoms with Crippen LogP contribution in [-0.2, 0) is 4.74 Å². The zero-order chi connectivity index (χ0) is 18.2. The van der Waals surface area contributed by atoms with E-state index in [1.165, 1.54) is 0 Å². The molecular weight excluding hydrogens is 324 g/mol. The average Bonchev–Trinajstić information content (AvgIpc) is 2.58. The van der Waals surface area contributed by atoms with Gasteiger partial charge < -0.3 is 14.5 Å². The third kappa shape index (κ3) is 2.95. The fourth-order valence-corrected chi connectivity index (χ4v) is 2.27. The number of anilines is 1. The Morgan fingerprint density at radius 2 is 1.92 bits per heavy atom. The van der Waals surface area contributed by atoms with Crippen LogP contribution in [0.3, 0.4) is 0 Å². The van der Waals surface area contributed by atoms with Crippen LogP contribution < -0.4 is 9.74 Å². The first-order valence-corrected chi connectivity index (χ1v) is 7.40. The number of ether oxygens (including phenoxy) is 1. The molecule has 0 fully saturated rings. The van der Waals surface area contributed by atoms with Gasteiger partial charge in [0.2, 0.25) is 5.82 Å². The molecule has 25 heavy (non-hydrogen) atoms. The predicted molar refractivity (Wildman–Crippen MR) is 84.7 cm³/mol. The molecule has 0 aromatic carbocycles. The van der Waals surface area contributed by atoms with Crippen LogP contribution in [0.1, 0.15) is 32.2 Å². The Bertz CT molecular complexity index is 872. The molecule has 126 valence electrons. The highest BCUT2D eigenvalue weighted by molar-refractivity contribution is 5.71. The molecule has 2 aliphatic heterocycles. The number of allylic oxidation sites excluding steroid dienone is 2. The summed E-state index contributed by atoms with van der Waals surface area (Å²) in [4.78, 5) is 27.8. The van der Waals surface area contributed by atoms with Crippen molar-refractivity contribution in [3.8, 4) is 18.0 Å². The number of amides is 1. The van der Waals surface area contributed by atoms with Crippen LogP contribution in [0.15, 0.2) is 24.4 Å². The number of hydroxylamine groups is 2. The van der Waals surface area contributed by atoms with E-state index in [0.29, 0.717) is 0 Å². The zero-order valence-electron chi connectivity index (χ0n) is 13.8. The highest BCUT2D eigenvalue weighted by Gasteiger charge is 2.40. The third-order valence-electron chi connectivity index (χ3n) is 3.23. The van der Waals surface area contributed by atoms with Gasteiger partial charge in [0.15, 0.2) is 17.6 Å². The Labute approximate surface area is 144 Å². The minimum absolute atomic E-state index is 0.0578. The van der Waals surface area contributed by atoms with Crippen LogP contribution in [0.4, 0.5) is 10.6 Å². The normalized spacial score (nSPS) is 17.7. The van der Waals surface area contributed by atoms with E-state index in [-0.39, 0.29) is 23.1 Å². The summed E-state index contributed by atoms with van der Waals surface area (Å²) in [6.45, 7) is 5.22. The topological polar surface area (TPSA) is 115 Å². The van der Waals surface area contributed by atoms with Gasteiger partial charge in [-0.2, -0.15) is 15.5 Å². The van der Waals surface area contributed by atoms with Gasteiger partial charge in [-0.25, -0.2) is 9.78 Å². The number of nitriles is 2. The molecule has 9 heteroatoms. The molecule has 9 nitrogen and oxygen atoms in total. The van der Waals surface area contributed by atoms with Crippen molar-refractivity contribution in [3.63, 3.8) is 0 Å². The quantitative estimate of drug-likeness (QED) is 0.705. The van der Waals surface area contributed by atoms with E-state index >= 15 is 0 Å². The minimum atomic E-state index is -0.714. The molecule has 3 heterocycles. The lowest BCUT2D eigenvalue weighted by atomic mass is 10.2. The van der Waals surface area contributed by atoms with Crippen LogP contribution in [0.2, 0.25) is 0 Å². The summed E-state index contributed by atoms with van der Waals surface area (Å²) in [5.41, 5.74) is -1.01. The van der Waals surface area contributed by atoms with Crippen molar-refractivity contribution >= 4 is 11.9 Å². The van der Waals surface area contributed by atoms with Crippen LogP contribution in [0, 0.1) is 22.7 Å². The first kappa shape index (κ1) is 16.3. The Morgan fingerprint density at radius 1 is 1.24 bits per heavy atom. The summed E-state index contributed by atoms with van der Waals surface area (Å²) in [6, 6.07) is 3.62. The molecule has 0 radical (unpaired) electrons. The van der Waals surface area contributed by atoms with Gasteiger partial charge in [-0.1, -0.05) is 6.08 Å². The molecule has 1 amide bonds. The first-order chi connectivity index (χ1) is 11.8. The number of fused-ring (bicyclic) bond motifs is 3. The molecule has 0 spiro atoms.